The number of carbonyl (C=O) groups is 2. The number of rotatable bonds is 10. The quantitative estimate of drug-likeness (QED) is 0.418. The van der Waals surface area contributed by atoms with Gasteiger partial charge in [-0.2, -0.15) is 5.10 Å². The average molecular weight is 496 g/mol. The summed E-state index contributed by atoms with van der Waals surface area (Å²) in [5.74, 6) is -0.595. The Hall–Kier alpha value is -3.50. The zero-order chi connectivity index (χ0) is 25.8. The van der Waals surface area contributed by atoms with Gasteiger partial charge in [-0.05, 0) is 54.4 Å². The Morgan fingerprint density at radius 2 is 1.89 bits per heavy atom. The Morgan fingerprint density at radius 1 is 1.11 bits per heavy atom. The first kappa shape index (κ1) is 25.6. The highest BCUT2D eigenvalue weighted by atomic mass is 19.1. The molecule has 1 aliphatic rings. The number of halogens is 1. The van der Waals surface area contributed by atoms with Crippen LogP contribution in [0.2, 0.25) is 0 Å². The minimum Gasteiger partial charge on any atom is -0.353 e. The lowest BCUT2D eigenvalue weighted by Gasteiger charge is -2.32. The third-order valence-electron chi connectivity index (χ3n) is 6.60. The molecular weight excluding hydrogens is 461 g/mol. The van der Waals surface area contributed by atoms with Gasteiger partial charge in [-0.15, -0.1) is 0 Å². The predicted molar refractivity (Wildman–Crippen MR) is 138 cm³/mol. The first-order valence-electron chi connectivity index (χ1n) is 12.2. The molecule has 1 aliphatic heterocycles. The third kappa shape index (κ3) is 5.66. The molecule has 36 heavy (non-hydrogen) atoms. The molecule has 0 saturated carbocycles. The van der Waals surface area contributed by atoms with Crippen molar-refractivity contribution in [1.82, 2.24) is 30.4 Å². The van der Waals surface area contributed by atoms with Crippen LogP contribution in [0.15, 0.2) is 36.5 Å². The lowest BCUT2D eigenvalue weighted by atomic mass is 10.1. The van der Waals surface area contributed by atoms with Gasteiger partial charge in [0.05, 0.1) is 24.8 Å². The molecule has 2 amide bonds. The van der Waals surface area contributed by atoms with Crippen LogP contribution < -0.4 is 15.5 Å². The third-order valence-corrected chi connectivity index (χ3v) is 6.60. The van der Waals surface area contributed by atoms with E-state index in [9.17, 15) is 14.0 Å². The van der Waals surface area contributed by atoms with E-state index in [4.69, 9.17) is 0 Å². The molecular formula is C26H34FN7O2. The van der Waals surface area contributed by atoms with Crippen LogP contribution in [0.4, 0.5) is 10.1 Å². The minimum absolute atomic E-state index is 0.0164. The van der Waals surface area contributed by atoms with E-state index in [0.717, 1.165) is 39.8 Å². The molecule has 0 radical (unpaired) electrons. The van der Waals surface area contributed by atoms with Crippen molar-refractivity contribution in [2.45, 2.75) is 26.9 Å². The SMILES string of the molecule is CCNCCNC(=O)CN(CC(=O)N(C)N1Cc2ccc(F)cc2C1)c1cc2c(cnn2C)cc1C. The van der Waals surface area contributed by atoms with E-state index in [1.165, 1.54) is 12.1 Å². The molecule has 0 spiro atoms. The summed E-state index contributed by atoms with van der Waals surface area (Å²) in [5.41, 5.74) is 4.57. The minimum atomic E-state index is -0.281. The summed E-state index contributed by atoms with van der Waals surface area (Å²) < 4.78 is 15.4. The standard InChI is InChI=1S/C26H34FN7O2/c1-5-28-8-9-29-25(35)16-33(23-12-24-20(10-18(23)2)13-30-31(24)3)17-26(36)32(4)34-14-19-6-7-22(27)11-21(19)15-34/h6-7,10-13,28H,5,8-9,14-17H2,1-4H3,(H,29,35). The highest BCUT2D eigenvalue weighted by Crippen LogP contribution is 2.28. The number of hydrogen-bond acceptors (Lipinski definition) is 6. The maximum absolute atomic E-state index is 13.7. The van der Waals surface area contributed by atoms with Crippen LogP contribution >= 0.6 is 0 Å². The van der Waals surface area contributed by atoms with Crippen molar-refractivity contribution in [1.29, 1.82) is 0 Å². The van der Waals surface area contributed by atoms with Crippen molar-refractivity contribution >= 4 is 28.4 Å². The van der Waals surface area contributed by atoms with E-state index >= 15 is 0 Å². The van der Waals surface area contributed by atoms with Crippen LogP contribution in [0.5, 0.6) is 0 Å². The van der Waals surface area contributed by atoms with E-state index in [2.05, 4.69) is 15.7 Å². The second-order valence-corrected chi connectivity index (χ2v) is 9.18. The molecule has 0 atom stereocenters. The fourth-order valence-electron chi connectivity index (χ4n) is 4.55. The second kappa shape index (κ2) is 11.0. The van der Waals surface area contributed by atoms with Crippen LogP contribution in [-0.2, 0) is 29.7 Å². The van der Waals surface area contributed by atoms with E-state index in [1.54, 1.807) is 29.0 Å². The highest BCUT2D eigenvalue weighted by Gasteiger charge is 2.27. The molecule has 0 fully saturated rings. The van der Waals surface area contributed by atoms with Gasteiger partial charge in [0.15, 0.2) is 0 Å². The number of likely N-dealkylation sites (N-methyl/N-ethyl adjacent to an activating group) is 2. The number of nitrogens with one attached hydrogen (secondary N) is 2. The van der Waals surface area contributed by atoms with E-state index < -0.39 is 0 Å². The first-order chi connectivity index (χ1) is 17.3. The Bertz CT molecular complexity index is 1260. The Balaban J connectivity index is 1.52. The number of anilines is 1. The molecule has 0 aliphatic carbocycles. The summed E-state index contributed by atoms with van der Waals surface area (Å²) in [5, 5.41) is 14.9. The molecule has 192 valence electrons. The lowest BCUT2D eigenvalue weighted by Crippen LogP contribution is -2.48. The van der Waals surface area contributed by atoms with Crippen molar-refractivity contribution in [3.8, 4) is 0 Å². The van der Waals surface area contributed by atoms with Gasteiger partial charge in [-0.3, -0.25) is 19.3 Å². The summed E-state index contributed by atoms with van der Waals surface area (Å²) in [6.07, 6.45) is 1.80. The van der Waals surface area contributed by atoms with Gasteiger partial charge >= 0.3 is 0 Å². The molecule has 2 aromatic carbocycles. The van der Waals surface area contributed by atoms with E-state index in [0.29, 0.717) is 26.2 Å². The molecule has 2 heterocycles. The molecule has 10 heteroatoms. The number of aromatic nitrogens is 2. The zero-order valence-corrected chi connectivity index (χ0v) is 21.3. The number of amides is 2. The number of aryl methyl sites for hydroxylation is 2. The van der Waals surface area contributed by atoms with Crippen LogP contribution in [0.3, 0.4) is 0 Å². The first-order valence-corrected chi connectivity index (χ1v) is 12.2. The largest absolute Gasteiger partial charge is 0.353 e. The summed E-state index contributed by atoms with van der Waals surface area (Å²) in [7, 11) is 3.59. The van der Waals surface area contributed by atoms with Crippen molar-refractivity contribution in [3.63, 3.8) is 0 Å². The van der Waals surface area contributed by atoms with Crippen molar-refractivity contribution in [3.05, 3.63) is 59.0 Å². The Morgan fingerprint density at radius 3 is 2.67 bits per heavy atom. The van der Waals surface area contributed by atoms with Gasteiger partial charge in [0.1, 0.15) is 5.82 Å². The average Bonchev–Trinajstić information content (AvgIpc) is 3.43. The zero-order valence-electron chi connectivity index (χ0n) is 21.3. The van der Waals surface area contributed by atoms with Crippen LogP contribution in [-0.4, -0.2) is 71.4 Å². The predicted octanol–water partition coefficient (Wildman–Crippen LogP) is 1.94. The Labute approximate surface area is 210 Å². The number of benzene rings is 2. The van der Waals surface area contributed by atoms with Gasteiger partial charge in [-0.1, -0.05) is 13.0 Å². The topological polar surface area (TPSA) is 85.7 Å². The fraction of sp³-hybridized carbons (Fsp3) is 0.423. The summed E-state index contributed by atoms with van der Waals surface area (Å²) in [6, 6.07) is 8.72. The Kier molecular flexibility index (Phi) is 7.85. The van der Waals surface area contributed by atoms with Gasteiger partial charge in [0.25, 0.3) is 5.91 Å². The van der Waals surface area contributed by atoms with E-state index in [-0.39, 0.29) is 30.7 Å². The molecule has 2 N–H and O–H groups in total. The number of fused-ring (bicyclic) bond motifs is 2. The number of hydrazine groups is 1. The summed E-state index contributed by atoms with van der Waals surface area (Å²) in [4.78, 5) is 28.0. The van der Waals surface area contributed by atoms with Crippen molar-refractivity contribution in [2.75, 3.05) is 44.7 Å². The maximum atomic E-state index is 13.7. The van der Waals surface area contributed by atoms with Gasteiger partial charge in [0, 0.05) is 51.3 Å². The normalized spacial score (nSPS) is 13.1. The number of hydrogen-bond donors (Lipinski definition) is 2. The molecule has 9 nitrogen and oxygen atoms in total. The molecule has 0 bridgehead atoms. The molecule has 0 saturated heterocycles. The van der Waals surface area contributed by atoms with Gasteiger partial charge in [-0.25, -0.2) is 9.40 Å². The van der Waals surface area contributed by atoms with Crippen LogP contribution in [0.1, 0.15) is 23.6 Å². The maximum Gasteiger partial charge on any atom is 0.256 e. The summed E-state index contributed by atoms with van der Waals surface area (Å²) in [6.45, 7) is 7.06. The van der Waals surface area contributed by atoms with Gasteiger partial charge in [0.2, 0.25) is 5.91 Å². The lowest BCUT2D eigenvalue weighted by molar-refractivity contribution is -0.145. The van der Waals surface area contributed by atoms with Gasteiger partial charge < -0.3 is 15.5 Å². The highest BCUT2D eigenvalue weighted by molar-refractivity contribution is 5.90. The monoisotopic (exact) mass is 495 g/mol. The second-order valence-electron chi connectivity index (χ2n) is 9.18. The molecule has 1 aromatic heterocycles. The smallest absolute Gasteiger partial charge is 0.256 e. The number of nitrogens with zero attached hydrogens (tertiary/aromatic N) is 5. The van der Waals surface area contributed by atoms with Crippen molar-refractivity contribution in [2.24, 2.45) is 7.05 Å². The molecule has 4 rings (SSSR count). The number of carbonyl (C=O) groups excluding carboxylic acids is 2. The fourth-order valence-corrected chi connectivity index (χ4v) is 4.55. The molecule has 0 unspecified atom stereocenters. The van der Waals surface area contributed by atoms with Crippen LogP contribution in [0, 0.1) is 12.7 Å². The van der Waals surface area contributed by atoms with Crippen LogP contribution in [0.25, 0.3) is 10.9 Å². The summed E-state index contributed by atoms with van der Waals surface area (Å²) >= 11 is 0. The van der Waals surface area contributed by atoms with Crippen molar-refractivity contribution < 1.29 is 14.0 Å². The molecule has 3 aromatic rings. The van der Waals surface area contributed by atoms with E-state index in [1.807, 2.05) is 42.9 Å².